The van der Waals surface area contributed by atoms with Gasteiger partial charge in [0, 0.05) is 6.54 Å². The predicted octanol–water partition coefficient (Wildman–Crippen LogP) is -1.81. The second-order valence-electron chi connectivity index (χ2n) is 1.64. The summed E-state index contributed by atoms with van der Waals surface area (Å²) in [5.74, 6) is -0.691. The largest absolute Gasteiger partial charge is 0.391 e. The van der Waals surface area contributed by atoms with Gasteiger partial charge in [0.2, 0.25) is 0 Å². The van der Waals surface area contributed by atoms with Crippen LogP contribution in [0, 0.1) is 0 Å². The summed E-state index contributed by atoms with van der Waals surface area (Å²) in [7, 11) is -4.07. The van der Waals surface area contributed by atoms with Gasteiger partial charge < -0.3 is 10.8 Å². The zero-order valence-corrected chi connectivity index (χ0v) is 5.50. The number of aliphatic hydroxyl groups is 1. The lowest BCUT2D eigenvalue weighted by Crippen LogP contribution is -2.27. The molecule has 0 heterocycles. The van der Waals surface area contributed by atoms with Crippen LogP contribution in [0.15, 0.2) is 0 Å². The van der Waals surface area contributed by atoms with Gasteiger partial charge in [0.05, 0.1) is 6.10 Å². The smallest absolute Gasteiger partial charge is 0.267 e. The van der Waals surface area contributed by atoms with Gasteiger partial charge in [-0.05, 0) is 0 Å². The third-order valence-corrected chi connectivity index (χ3v) is 1.48. The number of rotatable bonds is 3. The van der Waals surface area contributed by atoms with Crippen LogP contribution in [-0.2, 0) is 10.1 Å². The molecule has 0 aromatic carbocycles. The van der Waals surface area contributed by atoms with Crippen LogP contribution in [0.5, 0.6) is 0 Å². The third kappa shape index (κ3) is 5.71. The average Bonchev–Trinajstić information content (AvgIpc) is 1.62. The maximum absolute atomic E-state index is 9.94. The molecule has 0 aromatic rings. The lowest BCUT2D eigenvalue weighted by molar-refractivity contribution is 0.203. The van der Waals surface area contributed by atoms with E-state index in [-0.39, 0.29) is 6.54 Å². The van der Waals surface area contributed by atoms with Crippen LogP contribution in [-0.4, -0.2) is 36.5 Å². The molecular weight excluding hydrogens is 146 g/mol. The molecule has 0 saturated carbocycles. The molecule has 4 N–H and O–H groups in total. The van der Waals surface area contributed by atoms with E-state index in [4.69, 9.17) is 15.4 Å². The summed E-state index contributed by atoms with van der Waals surface area (Å²) in [6.07, 6.45) is -1.17. The molecule has 0 spiro atoms. The van der Waals surface area contributed by atoms with Crippen molar-refractivity contribution in [2.45, 2.75) is 6.10 Å². The Kier molecular flexibility index (Phi) is 3.06. The molecule has 9 heavy (non-hydrogen) atoms. The first-order valence-corrected chi connectivity index (χ1v) is 3.90. The highest BCUT2D eigenvalue weighted by Gasteiger charge is 2.11. The fourth-order valence-electron chi connectivity index (χ4n) is 0.311. The number of nitrogens with two attached hydrogens (primary N) is 1. The SMILES string of the molecule is NC[C@@H](O)CS(=O)(=O)O. The molecule has 0 unspecified atom stereocenters. The fourth-order valence-corrected chi connectivity index (χ4v) is 0.933. The first-order valence-electron chi connectivity index (χ1n) is 2.29. The van der Waals surface area contributed by atoms with Crippen LogP contribution in [0.3, 0.4) is 0 Å². The van der Waals surface area contributed by atoms with Crippen LogP contribution in [0.2, 0.25) is 0 Å². The molecule has 0 fully saturated rings. The van der Waals surface area contributed by atoms with E-state index in [1.165, 1.54) is 0 Å². The van der Waals surface area contributed by atoms with Gasteiger partial charge in [0.1, 0.15) is 5.75 Å². The molecule has 0 aliphatic heterocycles. The zero-order chi connectivity index (χ0) is 7.49. The van der Waals surface area contributed by atoms with Crippen LogP contribution in [0.4, 0.5) is 0 Å². The number of aliphatic hydroxyl groups excluding tert-OH is 1. The predicted molar refractivity (Wildman–Crippen MR) is 31.5 cm³/mol. The fraction of sp³-hybridized carbons (Fsp3) is 1.00. The molecule has 1 atom stereocenters. The molecule has 0 saturated heterocycles. The van der Waals surface area contributed by atoms with Crippen LogP contribution in [0.25, 0.3) is 0 Å². The van der Waals surface area contributed by atoms with E-state index in [2.05, 4.69) is 0 Å². The van der Waals surface area contributed by atoms with Gasteiger partial charge in [-0.25, -0.2) is 0 Å². The Balaban J connectivity index is 3.75. The second-order valence-corrected chi connectivity index (χ2v) is 3.14. The van der Waals surface area contributed by atoms with Gasteiger partial charge in [0.15, 0.2) is 0 Å². The van der Waals surface area contributed by atoms with Gasteiger partial charge in [-0.15, -0.1) is 0 Å². The Morgan fingerprint density at radius 3 is 2.11 bits per heavy atom. The van der Waals surface area contributed by atoms with Gasteiger partial charge in [0.25, 0.3) is 10.1 Å². The summed E-state index contributed by atoms with van der Waals surface area (Å²) in [4.78, 5) is 0. The van der Waals surface area contributed by atoms with Gasteiger partial charge in [-0.1, -0.05) is 0 Å². The Morgan fingerprint density at radius 2 is 2.00 bits per heavy atom. The summed E-state index contributed by atoms with van der Waals surface area (Å²) in [6, 6.07) is 0. The molecule has 0 aromatic heterocycles. The van der Waals surface area contributed by atoms with Crippen molar-refractivity contribution < 1.29 is 18.1 Å². The van der Waals surface area contributed by atoms with Gasteiger partial charge >= 0.3 is 0 Å². The summed E-state index contributed by atoms with van der Waals surface area (Å²) in [5.41, 5.74) is 4.85. The highest BCUT2D eigenvalue weighted by molar-refractivity contribution is 7.85. The monoisotopic (exact) mass is 155 g/mol. The summed E-state index contributed by atoms with van der Waals surface area (Å²) >= 11 is 0. The number of hydrogen-bond acceptors (Lipinski definition) is 4. The molecule has 0 aliphatic rings. The normalized spacial score (nSPS) is 15.4. The molecule has 56 valence electrons. The van der Waals surface area contributed by atoms with E-state index in [9.17, 15) is 8.42 Å². The van der Waals surface area contributed by atoms with Crippen LogP contribution in [0.1, 0.15) is 0 Å². The highest BCUT2D eigenvalue weighted by atomic mass is 32.2. The van der Waals surface area contributed by atoms with Crippen molar-refractivity contribution >= 4 is 10.1 Å². The average molecular weight is 155 g/mol. The van der Waals surface area contributed by atoms with Crippen molar-refractivity contribution in [1.82, 2.24) is 0 Å². The van der Waals surface area contributed by atoms with Gasteiger partial charge in [-0.2, -0.15) is 8.42 Å². The lowest BCUT2D eigenvalue weighted by Gasteiger charge is -2.02. The van der Waals surface area contributed by atoms with Crippen LogP contribution < -0.4 is 5.73 Å². The van der Waals surface area contributed by atoms with Crippen molar-refractivity contribution in [2.24, 2.45) is 5.73 Å². The van der Waals surface area contributed by atoms with E-state index in [0.717, 1.165) is 0 Å². The maximum atomic E-state index is 9.94. The quantitative estimate of drug-likeness (QED) is 0.417. The van der Waals surface area contributed by atoms with Crippen molar-refractivity contribution in [3.63, 3.8) is 0 Å². The topological polar surface area (TPSA) is 101 Å². The van der Waals surface area contributed by atoms with E-state index in [1.54, 1.807) is 0 Å². The Bertz CT molecular complexity index is 163. The van der Waals surface area contributed by atoms with Crippen molar-refractivity contribution in [3.05, 3.63) is 0 Å². The molecule has 0 radical (unpaired) electrons. The first kappa shape index (κ1) is 8.83. The lowest BCUT2D eigenvalue weighted by atomic mass is 10.4. The molecular formula is C3H9NO4S. The van der Waals surface area contributed by atoms with E-state index in [0.29, 0.717) is 0 Å². The molecule has 0 aliphatic carbocycles. The van der Waals surface area contributed by atoms with Crippen LogP contribution >= 0.6 is 0 Å². The molecule has 5 nitrogen and oxygen atoms in total. The highest BCUT2D eigenvalue weighted by Crippen LogP contribution is 1.86. The van der Waals surface area contributed by atoms with Crippen molar-refractivity contribution in [1.29, 1.82) is 0 Å². The molecule has 0 amide bonds. The first-order chi connectivity index (χ1) is 3.95. The molecule has 0 rings (SSSR count). The standard InChI is InChI=1S/C3H9NO4S/c4-1-3(5)2-9(6,7)8/h3,5H,1-2,4H2,(H,6,7,8)/t3-/m1/s1. The zero-order valence-electron chi connectivity index (χ0n) is 4.69. The van der Waals surface area contributed by atoms with E-state index < -0.39 is 22.0 Å². The Labute approximate surface area is 53.2 Å². The maximum Gasteiger partial charge on any atom is 0.267 e. The summed E-state index contributed by atoms with van der Waals surface area (Å²) < 4.78 is 28.0. The second kappa shape index (κ2) is 3.11. The number of hydrogen-bond donors (Lipinski definition) is 3. The van der Waals surface area contributed by atoms with Crippen molar-refractivity contribution in [2.75, 3.05) is 12.3 Å². The Hall–Kier alpha value is -0.170. The van der Waals surface area contributed by atoms with E-state index >= 15 is 0 Å². The van der Waals surface area contributed by atoms with E-state index in [1.807, 2.05) is 0 Å². The molecule has 6 heteroatoms. The van der Waals surface area contributed by atoms with Crippen molar-refractivity contribution in [3.8, 4) is 0 Å². The third-order valence-electron chi connectivity index (χ3n) is 0.675. The summed E-state index contributed by atoms with van der Waals surface area (Å²) in [5, 5.41) is 8.53. The molecule has 0 bridgehead atoms. The Morgan fingerprint density at radius 1 is 1.56 bits per heavy atom. The minimum atomic E-state index is -4.07. The van der Waals surface area contributed by atoms with Gasteiger partial charge in [-0.3, -0.25) is 4.55 Å². The summed E-state index contributed by atoms with van der Waals surface area (Å²) in [6.45, 7) is -0.167. The minimum Gasteiger partial charge on any atom is -0.391 e. The minimum absolute atomic E-state index is 0.167.